The van der Waals surface area contributed by atoms with Crippen molar-refractivity contribution in [1.82, 2.24) is 10.6 Å². The molecule has 4 atom stereocenters. The summed E-state index contributed by atoms with van der Waals surface area (Å²) in [4.78, 5) is 51.7. The largest absolute Gasteiger partial charge is 0.501 e. The van der Waals surface area contributed by atoms with E-state index in [9.17, 15) is 40.8 Å². The molecule has 0 radical (unpaired) electrons. The van der Waals surface area contributed by atoms with Crippen LogP contribution in [0.15, 0.2) is 41.3 Å². The lowest BCUT2D eigenvalue weighted by atomic mass is 9.80. The quantitative estimate of drug-likeness (QED) is 0.201. The van der Waals surface area contributed by atoms with E-state index < -0.39 is 79.1 Å². The first kappa shape index (κ1) is 40.6. The fourth-order valence-electron chi connectivity index (χ4n) is 7.63. The van der Waals surface area contributed by atoms with Crippen molar-refractivity contribution in [3.05, 3.63) is 47.8 Å². The second-order valence-electron chi connectivity index (χ2n) is 14.8. The van der Waals surface area contributed by atoms with Crippen molar-refractivity contribution in [1.29, 1.82) is 0 Å². The molecule has 3 amide bonds. The fourth-order valence-corrected chi connectivity index (χ4v) is 8.44. The normalized spacial score (nSPS) is 25.3. The zero-order valence-electron chi connectivity index (χ0n) is 30.3. The van der Waals surface area contributed by atoms with Crippen molar-refractivity contribution in [3.8, 4) is 11.5 Å². The van der Waals surface area contributed by atoms with E-state index in [0.29, 0.717) is 19.3 Å². The molecule has 54 heavy (non-hydrogen) atoms. The number of rotatable bonds is 10. The molecule has 296 valence electrons. The fraction of sp³-hybridized carbons (Fsp3) is 0.556. The third-order valence-corrected chi connectivity index (χ3v) is 11.6. The summed E-state index contributed by atoms with van der Waals surface area (Å²) in [6, 6.07) is 5.31. The van der Waals surface area contributed by atoms with Gasteiger partial charge in [0.15, 0.2) is 11.6 Å². The molecule has 18 heteroatoms. The molecule has 0 unspecified atom stereocenters. The van der Waals surface area contributed by atoms with E-state index in [1.165, 1.54) is 26.4 Å². The molecule has 5 rings (SSSR count). The molecular weight excluding hydrogens is 742 g/mol. The van der Waals surface area contributed by atoms with Gasteiger partial charge in [0.25, 0.3) is 15.7 Å². The number of esters is 1. The van der Waals surface area contributed by atoms with E-state index in [1.807, 2.05) is 0 Å². The average Bonchev–Trinajstić information content (AvgIpc) is 3.70. The van der Waals surface area contributed by atoms with Crippen LogP contribution in [0, 0.1) is 23.6 Å². The molecule has 0 heterocycles. The third-order valence-electron chi connectivity index (χ3n) is 10.1. The van der Waals surface area contributed by atoms with Gasteiger partial charge in [0.1, 0.15) is 16.9 Å². The van der Waals surface area contributed by atoms with Gasteiger partial charge < -0.3 is 34.9 Å². The number of carbonyl (C=O) groups is 4. The van der Waals surface area contributed by atoms with Crippen molar-refractivity contribution in [2.75, 3.05) is 19.5 Å². The molecule has 0 saturated heterocycles. The van der Waals surface area contributed by atoms with E-state index >= 15 is 4.39 Å². The second kappa shape index (κ2) is 15.3. The summed E-state index contributed by atoms with van der Waals surface area (Å²) in [7, 11) is -3.21. The molecular formula is C36H43F4N3O10S. The lowest BCUT2D eigenvalue weighted by Crippen LogP contribution is -2.58. The number of alkyl halides is 3. The Balaban J connectivity index is 1.30. The van der Waals surface area contributed by atoms with Crippen LogP contribution in [0.5, 0.6) is 11.5 Å². The molecule has 3 aliphatic rings. The first-order valence-electron chi connectivity index (χ1n) is 17.3. The van der Waals surface area contributed by atoms with Crippen LogP contribution in [0.4, 0.5) is 28.0 Å². The minimum atomic E-state index is -5.66. The standard InChI is InChI=1S/C36H43F4N3O10S/c1-34(2,3)53-33(47)43-35(32(46)51-5)13-11-22(12-14-35)52-27-17-24(26(50-4)18-25(27)37)30(44)42-29-20-10-9-19(15-20)28(29)31(45)41-21-7-6-8-23(16-21)54(48,49)36(38,39)40/h6-8,16-20,22,28-29H,9-15H2,1-5H3,(H,41,45)(H,42,44)(H,43,47)/t19-,20+,22?,28+,29-,35?/m1/s1. The maximum atomic E-state index is 15.3. The Hall–Kier alpha value is -4.61. The van der Waals surface area contributed by atoms with Gasteiger partial charge in [-0.15, -0.1) is 0 Å². The molecule has 3 fully saturated rings. The highest BCUT2D eigenvalue weighted by atomic mass is 32.2. The highest BCUT2D eigenvalue weighted by Gasteiger charge is 2.52. The van der Waals surface area contributed by atoms with Gasteiger partial charge in [0.2, 0.25) is 5.91 Å². The summed E-state index contributed by atoms with van der Waals surface area (Å²) < 4.78 is 100. The third kappa shape index (κ3) is 8.52. The topological polar surface area (TPSA) is 175 Å². The highest BCUT2D eigenvalue weighted by molar-refractivity contribution is 7.92. The minimum Gasteiger partial charge on any atom is -0.496 e. The van der Waals surface area contributed by atoms with Crippen molar-refractivity contribution in [3.63, 3.8) is 0 Å². The number of fused-ring (bicyclic) bond motifs is 2. The molecule has 3 N–H and O–H groups in total. The van der Waals surface area contributed by atoms with E-state index in [-0.39, 0.29) is 60.3 Å². The van der Waals surface area contributed by atoms with Crippen LogP contribution in [0.2, 0.25) is 0 Å². The van der Waals surface area contributed by atoms with Gasteiger partial charge >= 0.3 is 17.6 Å². The Morgan fingerprint density at radius 3 is 2.19 bits per heavy atom. The molecule has 0 aliphatic heterocycles. The van der Waals surface area contributed by atoms with Gasteiger partial charge in [0.05, 0.1) is 36.7 Å². The van der Waals surface area contributed by atoms with Gasteiger partial charge in [-0.1, -0.05) is 6.07 Å². The molecule has 2 aromatic carbocycles. The van der Waals surface area contributed by atoms with E-state index in [1.54, 1.807) is 20.8 Å². The number of benzene rings is 2. The number of nitrogens with one attached hydrogen (secondary N) is 3. The van der Waals surface area contributed by atoms with Gasteiger partial charge in [-0.25, -0.2) is 22.4 Å². The van der Waals surface area contributed by atoms with E-state index in [2.05, 4.69) is 16.0 Å². The minimum absolute atomic E-state index is 0.0881. The summed E-state index contributed by atoms with van der Waals surface area (Å²) in [6.45, 7) is 5.04. The predicted octanol–water partition coefficient (Wildman–Crippen LogP) is 5.67. The van der Waals surface area contributed by atoms with Crippen molar-refractivity contribution in [2.45, 2.75) is 99.4 Å². The Morgan fingerprint density at radius 2 is 1.57 bits per heavy atom. The average molecular weight is 786 g/mol. The number of ether oxygens (including phenoxy) is 4. The number of carbonyl (C=O) groups excluding carboxylic acids is 4. The lowest BCUT2D eigenvalue weighted by molar-refractivity contribution is -0.151. The monoisotopic (exact) mass is 785 g/mol. The molecule has 2 bridgehead atoms. The molecule has 0 spiro atoms. The lowest BCUT2D eigenvalue weighted by Gasteiger charge is -2.38. The van der Waals surface area contributed by atoms with Crippen LogP contribution in [0.25, 0.3) is 0 Å². The van der Waals surface area contributed by atoms with Gasteiger partial charge in [0, 0.05) is 17.8 Å². The zero-order valence-corrected chi connectivity index (χ0v) is 31.1. The Kier molecular flexibility index (Phi) is 11.5. The van der Waals surface area contributed by atoms with Crippen molar-refractivity contribution >= 4 is 39.4 Å². The first-order valence-corrected chi connectivity index (χ1v) is 18.8. The highest BCUT2D eigenvalue weighted by Crippen LogP contribution is 2.49. The van der Waals surface area contributed by atoms with Gasteiger partial charge in [-0.2, -0.15) is 13.2 Å². The molecule has 0 aromatic heterocycles. The number of sulfone groups is 1. The number of methoxy groups -OCH3 is 2. The van der Waals surface area contributed by atoms with Crippen LogP contribution in [0.1, 0.15) is 76.1 Å². The maximum absolute atomic E-state index is 15.3. The predicted molar refractivity (Wildman–Crippen MR) is 184 cm³/mol. The number of halogens is 4. The first-order chi connectivity index (χ1) is 25.2. The summed E-state index contributed by atoms with van der Waals surface area (Å²) in [5.41, 5.74) is -7.99. The van der Waals surface area contributed by atoms with Crippen LogP contribution < -0.4 is 25.4 Å². The summed E-state index contributed by atoms with van der Waals surface area (Å²) in [5, 5.41) is 8.03. The summed E-state index contributed by atoms with van der Waals surface area (Å²) in [5.74, 6) is -4.25. The van der Waals surface area contributed by atoms with Crippen LogP contribution in [-0.2, 0) is 28.9 Å². The Bertz CT molecular complexity index is 1890. The molecule has 13 nitrogen and oxygen atoms in total. The van der Waals surface area contributed by atoms with Gasteiger partial charge in [-0.3, -0.25) is 9.59 Å². The number of anilines is 1. The van der Waals surface area contributed by atoms with Crippen molar-refractivity contribution in [2.24, 2.45) is 17.8 Å². The smallest absolute Gasteiger partial charge is 0.496 e. The second-order valence-corrected chi connectivity index (χ2v) is 16.8. The zero-order chi connectivity index (χ0) is 39.8. The van der Waals surface area contributed by atoms with Crippen LogP contribution in [-0.4, -0.2) is 75.3 Å². The van der Waals surface area contributed by atoms with Gasteiger partial charge in [-0.05, 0) is 102 Å². The Morgan fingerprint density at radius 1 is 0.907 bits per heavy atom. The Labute approximate surface area is 309 Å². The number of amides is 3. The summed E-state index contributed by atoms with van der Waals surface area (Å²) in [6.07, 6.45) is 1.12. The van der Waals surface area contributed by atoms with Crippen LogP contribution >= 0.6 is 0 Å². The van der Waals surface area contributed by atoms with E-state index in [4.69, 9.17) is 18.9 Å². The molecule has 3 saturated carbocycles. The number of hydrogen-bond acceptors (Lipinski definition) is 10. The molecule has 3 aliphatic carbocycles. The summed E-state index contributed by atoms with van der Waals surface area (Å²) >= 11 is 0. The van der Waals surface area contributed by atoms with Crippen LogP contribution in [0.3, 0.4) is 0 Å². The molecule has 2 aromatic rings. The number of alkyl carbamates (subject to hydrolysis) is 1. The maximum Gasteiger partial charge on any atom is 0.501 e. The number of hydrogen-bond donors (Lipinski definition) is 3. The van der Waals surface area contributed by atoms with Crippen molar-refractivity contribution < 1.29 is 64.1 Å². The SMILES string of the molecule is COC(=O)C1(NC(=O)OC(C)(C)C)CCC(Oc2cc(C(=O)N[C@@H]3[C@H]4CC[C@H](C4)[C@@H]3C(=O)Nc3cccc(S(=O)(=O)C(F)(F)F)c3)c(OC)cc2F)CC1. The van der Waals surface area contributed by atoms with E-state index in [0.717, 1.165) is 24.3 Å².